The van der Waals surface area contributed by atoms with Crippen LogP contribution in [0, 0.1) is 0 Å². The number of ether oxygens (including phenoxy) is 1. The van der Waals surface area contributed by atoms with Gasteiger partial charge in [-0.2, -0.15) is 13.5 Å². The van der Waals surface area contributed by atoms with Crippen LogP contribution in [-0.4, -0.2) is 49.5 Å². The monoisotopic (exact) mass is 649 g/mol. The van der Waals surface area contributed by atoms with Crippen molar-refractivity contribution >= 4 is 42.6 Å². The standard InChI is InChI=1S/C30H34BrF2N3O4S/c1-3-18(2)40-26-12-4-20-15-27(13-5-19(20)14-26)41(38,39)35-28(30(32,33)21-6-8-22(31)9-7-21)29(37)36-24-10-11-25(36)17-23(34)16-24/h4-9,12-15,18,23-25,28,35H,3,10-11,16-17,34H2,1-2H3/t18-,23?,24?,25?,28-/m0/s1. The number of benzene rings is 3. The molecule has 2 fully saturated rings. The summed E-state index contributed by atoms with van der Waals surface area (Å²) in [7, 11) is -4.54. The van der Waals surface area contributed by atoms with Gasteiger partial charge in [-0.05, 0) is 86.2 Å². The van der Waals surface area contributed by atoms with E-state index >= 15 is 8.78 Å². The number of nitrogens with one attached hydrogen (secondary N) is 1. The first-order chi connectivity index (χ1) is 19.4. The highest BCUT2D eigenvalue weighted by Gasteiger charge is 2.53. The minimum atomic E-state index is -4.54. The Morgan fingerprint density at radius 2 is 1.68 bits per heavy atom. The summed E-state index contributed by atoms with van der Waals surface area (Å²) in [5, 5.41) is 1.33. The molecule has 0 radical (unpaired) electrons. The van der Waals surface area contributed by atoms with Gasteiger partial charge in [0.05, 0.1) is 11.0 Å². The van der Waals surface area contributed by atoms with E-state index in [1.807, 2.05) is 13.8 Å². The molecule has 4 atom stereocenters. The Labute approximate surface area is 247 Å². The fourth-order valence-electron chi connectivity index (χ4n) is 5.83. The van der Waals surface area contributed by atoms with Crippen molar-refractivity contribution in [3.8, 4) is 5.75 Å². The summed E-state index contributed by atoms with van der Waals surface area (Å²) in [4.78, 5) is 15.1. The normalized spacial score (nSPS) is 22.5. The van der Waals surface area contributed by atoms with Gasteiger partial charge in [-0.15, -0.1) is 0 Å². The van der Waals surface area contributed by atoms with Crippen molar-refractivity contribution in [1.29, 1.82) is 0 Å². The SMILES string of the molecule is CC[C@H](C)Oc1ccc2cc(S(=O)(=O)N[C@@H](C(=O)N3C4CCC3CC(N)C4)C(F)(F)c3ccc(Br)cc3)ccc2c1. The van der Waals surface area contributed by atoms with E-state index in [1.54, 1.807) is 24.3 Å². The molecule has 3 N–H and O–H groups in total. The van der Waals surface area contributed by atoms with Crippen molar-refractivity contribution in [3.63, 3.8) is 0 Å². The van der Waals surface area contributed by atoms with Gasteiger partial charge in [0.15, 0.2) is 6.04 Å². The third-order valence-electron chi connectivity index (χ3n) is 8.14. The zero-order chi connectivity index (χ0) is 29.5. The molecule has 2 bridgehead atoms. The lowest BCUT2D eigenvalue weighted by atomic mass is 9.95. The Morgan fingerprint density at radius 3 is 2.32 bits per heavy atom. The third kappa shape index (κ3) is 6.14. The number of nitrogens with two attached hydrogens (primary N) is 1. The Hall–Kier alpha value is -2.60. The van der Waals surface area contributed by atoms with E-state index in [4.69, 9.17) is 10.5 Å². The molecule has 5 rings (SSSR count). The quantitative estimate of drug-likeness (QED) is 0.310. The number of fused-ring (bicyclic) bond motifs is 3. The molecule has 2 saturated heterocycles. The molecular weight excluding hydrogens is 616 g/mol. The largest absolute Gasteiger partial charge is 0.491 e. The lowest BCUT2D eigenvalue weighted by Gasteiger charge is -2.41. The van der Waals surface area contributed by atoms with E-state index in [1.165, 1.54) is 41.3 Å². The Bertz CT molecular complexity index is 1520. The van der Waals surface area contributed by atoms with Crippen LogP contribution in [0.2, 0.25) is 0 Å². The number of alkyl halides is 2. The maximum atomic E-state index is 16.2. The van der Waals surface area contributed by atoms with Gasteiger partial charge < -0.3 is 15.4 Å². The summed E-state index contributed by atoms with van der Waals surface area (Å²) >= 11 is 3.24. The highest BCUT2D eigenvalue weighted by atomic mass is 79.9. The van der Waals surface area contributed by atoms with Crippen LogP contribution in [0.5, 0.6) is 5.75 Å². The summed E-state index contributed by atoms with van der Waals surface area (Å²) in [5.41, 5.74) is 5.68. The third-order valence-corrected chi connectivity index (χ3v) is 10.1. The van der Waals surface area contributed by atoms with Gasteiger partial charge in [0.25, 0.3) is 5.92 Å². The Kier molecular flexibility index (Phi) is 8.44. The van der Waals surface area contributed by atoms with E-state index in [9.17, 15) is 13.2 Å². The van der Waals surface area contributed by atoms with Gasteiger partial charge in [-0.1, -0.05) is 47.1 Å². The number of rotatable bonds is 9. The molecule has 7 nitrogen and oxygen atoms in total. The fraction of sp³-hybridized carbons (Fsp3) is 0.433. The van der Waals surface area contributed by atoms with Crippen LogP contribution in [0.25, 0.3) is 10.8 Å². The minimum absolute atomic E-state index is 0.0176. The summed E-state index contributed by atoms with van der Waals surface area (Å²) in [5.74, 6) is -4.12. The molecule has 2 unspecified atom stereocenters. The number of halogens is 3. The van der Waals surface area contributed by atoms with Gasteiger partial charge in [-0.3, -0.25) is 4.79 Å². The molecule has 220 valence electrons. The van der Waals surface area contributed by atoms with Gasteiger partial charge in [0.1, 0.15) is 5.75 Å². The van der Waals surface area contributed by atoms with Crippen molar-refractivity contribution < 1.29 is 26.7 Å². The van der Waals surface area contributed by atoms with Crippen LogP contribution in [0.15, 0.2) is 70.0 Å². The molecule has 3 aromatic rings. The number of carbonyl (C=O) groups excluding carboxylic acids is 1. The zero-order valence-electron chi connectivity index (χ0n) is 22.9. The molecule has 41 heavy (non-hydrogen) atoms. The number of hydrogen-bond acceptors (Lipinski definition) is 5. The fourth-order valence-corrected chi connectivity index (χ4v) is 7.32. The molecule has 0 saturated carbocycles. The van der Waals surface area contributed by atoms with E-state index in [0.29, 0.717) is 41.3 Å². The molecule has 3 aromatic carbocycles. The average molecular weight is 651 g/mol. The number of amides is 1. The second-order valence-corrected chi connectivity index (χ2v) is 13.7. The van der Waals surface area contributed by atoms with Gasteiger partial charge in [0, 0.05) is 28.2 Å². The molecule has 11 heteroatoms. The molecule has 0 spiro atoms. The van der Waals surface area contributed by atoms with Gasteiger partial charge in [-0.25, -0.2) is 8.42 Å². The summed E-state index contributed by atoms with van der Waals surface area (Å²) in [6.07, 6.45) is 3.15. The molecular formula is C30H34BrF2N3O4S. The maximum Gasteiger partial charge on any atom is 0.298 e. The van der Waals surface area contributed by atoms with E-state index in [2.05, 4.69) is 20.7 Å². The number of carbonyl (C=O) groups is 1. The molecule has 0 aromatic heterocycles. The van der Waals surface area contributed by atoms with Crippen LogP contribution >= 0.6 is 15.9 Å². The smallest absolute Gasteiger partial charge is 0.298 e. The van der Waals surface area contributed by atoms with Crippen LogP contribution < -0.4 is 15.2 Å². The first-order valence-corrected chi connectivity index (χ1v) is 16.1. The van der Waals surface area contributed by atoms with Crippen LogP contribution in [0.3, 0.4) is 0 Å². The number of hydrogen-bond donors (Lipinski definition) is 2. The summed E-state index contributed by atoms with van der Waals surface area (Å²) in [6, 6.07) is 11.8. The first kappa shape index (κ1) is 29.9. The van der Waals surface area contributed by atoms with Crippen LogP contribution in [-0.2, 0) is 20.7 Å². The Morgan fingerprint density at radius 1 is 1.07 bits per heavy atom. The second-order valence-electron chi connectivity index (χ2n) is 11.1. The van der Waals surface area contributed by atoms with Crippen LogP contribution in [0.1, 0.15) is 51.5 Å². The molecule has 2 aliphatic rings. The van der Waals surface area contributed by atoms with Crippen molar-refractivity contribution in [2.45, 2.75) is 87.0 Å². The van der Waals surface area contributed by atoms with Crippen molar-refractivity contribution in [2.75, 3.05) is 0 Å². The van der Waals surface area contributed by atoms with Crippen molar-refractivity contribution in [3.05, 3.63) is 70.7 Å². The number of sulfonamides is 1. The van der Waals surface area contributed by atoms with Crippen molar-refractivity contribution in [2.24, 2.45) is 5.73 Å². The summed E-state index contributed by atoms with van der Waals surface area (Å²) in [6.45, 7) is 3.97. The lowest BCUT2D eigenvalue weighted by molar-refractivity contribution is -0.149. The van der Waals surface area contributed by atoms with E-state index in [0.717, 1.165) is 11.8 Å². The minimum Gasteiger partial charge on any atom is -0.491 e. The molecule has 0 aliphatic carbocycles. The highest BCUT2D eigenvalue weighted by molar-refractivity contribution is 9.10. The van der Waals surface area contributed by atoms with Gasteiger partial charge in [0.2, 0.25) is 15.9 Å². The summed E-state index contributed by atoms with van der Waals surface area (Å²) < 4.78 is 68.1. The predicted octanol–water partition coefficient (Wildman–Crippen LogP) is 5.70. The average Bonchev–Trinajstić information content (AvgIpc) is 3.21. The van der Waals surface area contributed by atoms with Gasteiger partial charge >= 0.3 is 0 Å². The van der Waals surface area contributed by atoms with E-state index < -0.39 is 33.5 Å². The second kappa shape index (κ2) is 11.6. The maximum absolute atomic E-state index is 16.2. The molecule has 1 amide bonds. The number of piperidine rings is 1. The highest BCUT2D eigenvalue weighted by Crippen LogP contribution is 2.40. The molecule has 2 heterocycles. The lowest BCUT2D eigenvalue weighted by Crippen LogP contribution is -2.60. The zero-order valence-corrected chi connectivity index (χ0v) is 25.3. The van der Waals surface area contributed by atoms with Crippen LogP contribution in [0.4, 0.5) is 8.78 Å². The van der Waals surface area contributed by atoms with E-state index in [-0.39, 0.29) is 29.1 Å². The Balaban J connectivity index is 1.49. The first-order valence-electron chi connectivity index (χ1n) is 13.8. The predicted molar refractivity (Wildman–Crippen MR) is 157 cm³/mol. The van der Waals surface area contributed by atoms with Crippen molar-refractivity contribution in [1.82, 2.24) is 9.62 Å². The topological polar surface area (TPSA) is 102 Å². The molecule has 2 aliphatic heterocycles. The number of nitrogens with zero attached hydrogens (tertiary/aromatic N) is 1.